The molecule has 0 bridgehead atoms. The van der Waals surface area contributed by atoms with Gasteiger partial charge in [-0.1, -0.05) is 53.4 Å². The largest absolute Gasteiger partial charge is 0.394 e. The Hall–Kier alpha value is -0.360. The van der Waals surface area contributed by atoms with Crippen LogP contribution in [-0.4, -0.2) is 113 Å². The highest BCUT2D eigenvalue weighted by molar-refractivity contribution is 5.03. The van der Waals surface area contributed by atoms with Crippen molar-refractivity contribution in [1.82, 2.24) is 0 Å². The quantitative estimate of drug-likeness (QED) is 0.179. The predicted octanol–water partition coefficient (Wildman–Crippen LogP) is 3.51. The summed E-state index contributed by atoms with van der Waals surface area (Å²) in [6, 6.07) is 0. The average Bonchev–Trinajstić information content (AvgIpc) is 2.90. The van der Waals surface area contributed by atoms with Crippen molar-refractivity contribution in [3.63, 3.8) is 0 Å². The van der Waals surface area contributed by atoms with Gasteiger partial charge in [0.25, 0.3) is 0 Å². The van der Waals surface area contributed by atoms with Gasteiger partial charge in [-0.25, -0.2) is 0 Å². The molecule has 0 spiro atoms. The number of methoxy groups -OCH3 is 1. The molecule has 7 atom stereocenters. The zero-order valence-electron chi connectivity index (χ0n) is 24.1. The fourth-order valence-corrected chi connectivity index (χ4v) is 4.29. The summed E-state index contributed by atoms with van der Waals surface area (Å²) in [4.78, 5) is 0. The van der Waals surface area contributed by atoms with Gasteiger partial charge in [0.05, 0.1) is 26.4 Å². The molecule has 1 saturated carbocycles. The lowest BCUT2D eigenvalue weighted by molar-refractivity contribution is -0.275. The van der Waals surface area contributed by atoms with Crippen LogP contribution in [-0.2, 0) is 33.2 Å². The first-order valence-corrected chi connectivity index (χ1v) is 14.6. The Balaban J connectivity index is 3.16. The third-order valence-corrected chi connectivity index (χ3v) is 6.50. The number of unbranched alkanes of at least 4 members (excludes halogenated alkanes) is 4. The molecule has 1 rings (SSSR count). The standard InChI is InChI=1S/C28H56O9/c1-6-10-14-33-24-23(30)25(34-15-11-7-2)27(36-17-13-9-4)28(26(24)35-16-12-8-3)37-19-18-32-22(20-29)21-31-5/h22-30H,6-21H2,1-5H3/t22-,23-,24-,25+,26-,27-,28-/m0/s1. The molecule has 0 radical (unpaired) electrons. The van der Waals surface area contributed by atoms with Gasteiger partial charge in [-0.3, -0.25) is 0 Å². The minimum atomic E-state index is -0.900. The summed E-state index contributed by atoms with van der Waals surface area (Å²) < 4.78 is 42.4. The SMILES string of the molecule is CCCCO[C@@H]1[C@@H](OCCO[C@@H](CO)COC)[C@@H](OCCCC)[C@@H](OCCCC)[C@H](O)[C@H]1OCCCC. The van der Waals surface area contributed by atoms with E-state index in [-0.39, 0.29) is 19.8 Å². The zero-order valence-corrected chi connectivity index (χ0v) is 24.1. The maximum absolute atomic E-state index is 11.5. The molecule has 9 heteroatoms. The van der Waals surface area contributed by atoms with Gasteiger partial charge < -0.3 is 43.4 Å². The van der Waals surface area contributed by atoms with E-state index in [9.17, 15) is 10.2 Å². The Morgan fingerprint density at radius 3 is 1.32 bits per heavy atom. The third-order valence-electron chi connectivity index (χ3n) is 6.50. The van der Waals surface area contributed by atoms with E-state index < -0.39 is 42.7 Å². The van der Waals surface area contributed by atoms with Gasteiger partial charge >= 0.3 is 0 Å². The molecule has 37 heavy (non-hydrogen) atoms. The minimum Gasteiger partial charge on any atom is -0.394 e. The molecule has 0 aromatic heterocycles. The lowest BCUT2D eigenvalue weighted by atomic mass is 9.83. The Kier molecular flexibility index (Phi) is 21.0. The summed E-state index contributed by atoms with van der Waals surface area (Å²) in [6.07, 6.45) is 3.55. The van der Waals surface area contributed by atoms with Gasteiger partial charge in [0.15, 0.2) is 0 Å². The third kappa shape index (κ3) is 13.0. The van der Waals surface area contributed by atoms with E-state index in [4.69, 9.17) is 33.2 Å². The van der Waals surface area contributed by atoms with Gasteiger partial charge in [-0.15, -0.1) is 0 Å². The van der Waals surface area contributed by atoms with E-state index in [1.807, 2.05) is 0 Å². The highest BCUT2D eigenvalue weighted by Gasteiger charge is 2.53. The highest BCUT2D eigenvalue weighted by Crippen LogP contribution is 2.33. The maximum atomic E-state index is 11.5. The van der Waals surface area contributed by atoms with Gasteiger partial charge in [0, 0.05) is 33.5 Å². The summed E-state index contributed by atoms with van der Waals surface area (Å²) >= 11 is 0. The predicted molar refractivity (Wildman–Crippen MR) is 143 cm³/mol. The smallest absolute Gasteiger partial charge is 0.115 e. The fraction of sp³-hybridized carbons (Fsp3) is 1.00. The minimum absolute atomic E-state index is 0.129. The van der Waals surface area contributed by atoms with Crippen LogP contribution in [0.1, 0.15) is 79.1 Å². The second-order valence-corrected chi connectivity index (χ2v) is 9.71. The van der Waals surface area contributed by atoms with Crippen molar-refractivity contribution < 1.29 is 43.4 Å². The van der Waals surface area contributed by atoms with Gasteiger partial charge in [-0.05, 0) is 25.7 Å². The van der Waals surface area contributed by atoms with Crippen molar-refractivity contribution >= 4 is 0 Å². The van der Waals surface area contributed by atoms with Crippen molar-refractivity contribution in [2.24, 2.45) is 0 Å². The summed E-state index contributed by atoms with van der Waals surface area (Å²) in [5.41, 5.74) is 0. The summed E-state index contributed by atoms with van der Waals surface area (Å²) in [5, 5.41) is 21.0. The molecular formula is C28H56O9. The molecule has 0 aliphatic heterocycles. The van der Waals surface area contributed by atoms with Crippen LogP contribution >= 0.6 is 0 Å². The van der Waals surface area contributed by atoms with Gasteiger partial charge in [0.2, 0.25) is 0 Å². The molecule has 1 fully saturated rings. The Morgan fingerprint density at radius 1 is 0.568 bits per heavy atom. The Labute approximate surface area is 225 Å². The van der Waals surface area contributed by atoms with E-state index in [2.05, 4.69) is 27.7 Å². The monoisotopic (exact) mass is 536 g/mol. The first kappa shape index (κ1) is 34.7. The van der Waals surface area contributed by atoms with Crippen LogP contribution in [0.5, 0.6) is 0 Å². The van der Waals surface area contributed by atoms with Crippen LogP contribution < -0.4 is 0 Å². The molecule has 2 N–H and O–H groups in total. The molecule has 0 aromatic carbocycles. The average molecular weight is 537 g/mol. The molecule has 0 amide bonds. The Morgan fingerprint density at radius 2 is 0.946 bits per heavy atom. The Bertz CT molecular complexity index is 478. The van der Waals surface area contributed by atoms with E-state index in [0.717, 1.165) is 51.4 Å². The molecular weight excluding hydrogens is 480 g/mol. The highest BCUT2D eigenvalue weighted by atomic mass is 16.6. The van der Waals surface area contributed by atoms with Crippen molar-refractivity contribution in [2.45, 2.75) is 122 Å². The number of hydrogen-bond acceptors (Lipinski definition) is 9. The van der Waals surface area contributed by atoms with Crippen LogP contribution in [0, 0.1) is 0 Å². The maximum Gasteiger partial charge on any atom is 0.115 e. The van der Waals surface area contributed by atoms with Crippen molar-refractivity contribution in [3.05, 3.63) is 0 Å². The van der Waals surface area contributed by atoms with E-state index in [0.29, 0.717) is 33.0 Å². The normalized spacial score (nSPS) is 27.0. The van der Waals surface area contributed by atoms with Crippen LogP contribution in [0.25, 0.3) is 0 Å². The first-order valence-electron chi connectivity index (χ1n) is 14.6. The number of aliphatic hydroxyl groups is 2. The van der Waals surface area contributed by atoms with Crippen LogP contribution in [0.4, 0.5) is 0 Å². The zero-order chi connectivity index (χ0) is 27.3. The molecule has 9 nitrogen and oxygen atoms in total. The van der Waals surface area contributed by atoms with Crippen molar-refractivity contribution in [1.29, 1.82) is 0 Å². The fourth-order valence-electron chi connectivity index (χ4n) is 4.29. The molecule has 0 saturated heterocycles. The van der Waals surface area contributed by atoms with Crippen LogP contribution in [0.15, 0.2) is 0 Å². The van der Waals surface area contributed by atoms with Gasteiger partial charge in [-0.2, -0.15) is 0 Å². The number of hydrogen-bond donors (Lipinski definition) is 2. The molecule has 1 aliphatic rings. The summed E-state index contributed by atoms with van der Waals surface area (Å²) in [7, 11) is 1.57. The topological polar surface area (TPSA) is 105 Å². The molecule has 0 unspecified atom stereocenters. The van der Waals surface area contributed by atoms with Gasteiger partial charge in [0.1, 0.15) is 42.7 Å². The van der Waals surface area contributed by atoms with Crippen molar-refractivity contribution in [2.75, 3.05) is 60.0 Å². The second-order valence-electron chi connectivity index (χ2n) is 9.71. The molecule has 222 valence electrons. The lowest BCUT2D eigenvalue weighted by Crippen LogP contribution is -2.67. The molecule has 0 aromatic rings. The van der Waals surface area contributed by atoms with E-state index in [1.54, 1.807) is 7.11 Å². The van der Waals surface area contributed by atoms with Crippen LogP contribution in [0.2, 0.25) is 0 Å². The number of ether oxygens (including phenoxy) is 7. The molecule has 1 aliphatic carbocycles. The summed E-state index contributed by atoms with van der Waals surface area (Å²) in [5.74, 6) is 0. The van der Waals surface area contributed by atoms with Crippen LogP contribution in [0.3, 0.4) is 0 Å². The molecule has 0 heterocycles. The number of aliphatic hydroxyl groups excluding tert-OH is 2. The summed E-state index contributed by atoms with van der Waals surface area (Å²) in [6.45, 7) is 11.3. The number of rotatable bonds is 24. The first-order chi connectivity index (χ1) is 18.1. The van der Waals surface area contributed by atoms with E-state index in [1.165, 1.54) is 0 Å². The van der Waals surface area contributed by atoms with Crippen molar-refractivity contribution in [3.8, 4) is 0 Å². The second kappa shape index (κ2) is 22.5. The lowest BCUT2D eigenvalue weighted by Gasteiger charge is -2.48. The van der Waals surface area contributed by atoms with E-state index >= 15 is 0 Å².